The molecule has 1 aliphatic heterocycles. The molecule has 2 aromatic rings. The summed E-state index contributed by atoms with van der Waals surface area (Å²) < 4.78 is 0. The van der Waals surface area contributed by atoms with Gasteiger partial charge < -0.3 is 21.7 Å². The molecule has 0 unspecified atom stereocenters. The summed E-state index contributed by atoms with van der Waals surface area (Å²) in [6, 6.07) is 4.09. The Balaban J connectivity index is 1.88. The van der Waals surface area contributed by atoms with E-state index in [0.29, 0.717) is 11.6 Å². The third-order valence-corrected chi connectivity index (χ3v) is 4.20. The Kier molecular flexibility index (Phi) is 4.29. The quantitative estimate of drug-likeness (QED) is 0.709. The minimum absolute atomic E-state index is 0.202. The van der Waals surface area contributed by atoms with E-state index in [1.54, 1.807) is 12.4 Å². The number of anilines is 2. The minimum atomic E-state index is -0.335. The average molecular weight is 314 g/mol. The molecule has 0 bridgehead atoms. The van der Waals surface area contributed by atoms with Crippen molar-refractivity contribution in [2.24, 2.45) is 11.7 Å². The van der Waals surface area contributed by atoms with Gasteiger partial charge in [0.2, 0.25) is 5.91 Å². The number of benzene rings is 1. The zero-order valence-electron chi connectivity index (χ0n) is 13.2. The summed E-state index contributed by atoms with van der Waals surface area (Å²) in [5.41, 5.74) is 14.4. The average Bonchev–Trinajstić information content (AvgIpc) is 2.53. The maximum absolute atomic E-state index is 11.0. The fourth-order valence-corrected chi connectivity index (χ4v) is 3.26. The van der Waals surface area contributed by atoms with E-state index in [-0.39, 0.29) is 18.5 Å². The Bertz CT molecular complexity index is 719. The Morgan fingerprint density at radius 2 is 2.04 bits per heavy atom. The maximum Gasteiger partial charge on any atom is 0.231 e. The molecular weight excluding hydrogens is 292 g/mol. The molecule has 0 radical (unpaired) electrons. The van der Waals surface area contributed by atoms with Crippen LogP contribution in [0.15, 0.2) is 24.5 Å². The topological polar surface area (TPSA) is 110 Å². The third kappa shape index (κ3) is 3.34. The molecule has 1 amide bonds. The van der Waals surface area contributed by atoms with Crippen molar-refractivity contribution < 1.29 is 4.79 Å². The maximum atomic E-state index is 11.0. The number of aromatic nitrogens is 2. The first-order valence-electron chi connectivity index (χ1n) is 7.80. The predicted octanol–water partition coefficient (Wildman–Crippen LogP) is 0.502. The number of hydrogen-bond acceptors (Lipinski definition) is 6. The second kappa shape index (κ2) is 6.37. The van der Waals surface area contributed by atoms with Crippen LogP contribution in [0.5, 0.6) is 0 Å². The number of carbonyl (C=O) groups is 1. The van der Waals surface area contributed by atoms with Gasteiger partial charge in [-0.05, 0) is 24.5 Å². The lowest BCUT2D eigenvalue weighted by Gasteiger charge is -2.38. The lowest BCUT2D eigenvalue weighted by atomic mass is 9.95. The van der Waals surface area contributed by atoms with E-state index in [9.17, 15) is 4.79 Å². The summed E-state index contributed by atoms with van der Waals surface area (Å²) in [5.74, 6) is 0.164. The van der Waals surface area contributed by atoms with Crippen LogP contribution in [0.1, 0.15) is 13.3 Å². The van der Waals surface area contributed by atoms with E-state index in [1.807, 2.05) is 12.1 Å². The Hall–Kier alpha value is -2.41. The molecule has 2 heterocycles. The molecule has 3 rings (SSSR count). The number of nitrogens with two attached hydrogens (primary N) is 2. The first-order chi connectivity index (χ1) is 11.0. The smallest absolute Gasteiger partial charge is 0.231 e. The van der Waals surface area contributed by atoms with Gasteiger partial charge >= 0.3 is 0 Å². The highest BCUT2D eigenvalue weighted by atomic mass is 16.1. The minimum Gasteiger partial charge on any atom is -0.397 e. The number of nitrogen functional groups attached to an aromatic ring is 1. The summed E-state index contributed by atoms with van der Waals surface area (Å²) in [5, 5.41) is 3.23. The number of hydrogen-bond donors (Lipinski definition) is 3. The molecule has 7 nitrogen and oxygen atoms in total. The first kappa shape index (κ1) is 15.5. The van der Waals surface area contributed by atoms with E-state index < -0.39 is 0 Å². The van der Waals surface area contributed by atoms with Gasteiger partial charge in [0.05, 0.1) is 17.9 Å². The number of carbonyl (C=O) groups excluding carboxylic acids is 1. The molecule has 23 heavy (non-hydrogen) atoms. The van der Waals surface area contributed by atoms with Crippen LogP contribution in [-0.2, 0) is 4.79 Å². The molecule has 0 saturated carbocycles. The van der Waals surface area contributed by atoms with Crippen molar-refractivity contribution >= 4 is 28.3 Å². The summed E-state index contributed by atoms with van der Waals surface area (Å²) in [6.45, 7) is 4.14. The number of rotatable bonds is 4. The van der Waals surface area contributed by atoms with Crippen molar-refractivity contribution in [3.8, 4) is 0 Å². The van der Waals surface area contributed by atoms with Gasteiger partial charge in [0.1, 0.15) is 11.0 Å². The van der Waals surface area contributed by atoms with Crippen LogP contribution in [0.2, 0.25) is 0 Å². The fraction of sp³-hybridized carbons (Fsp3) is 0.438. The van der Waals surface area contributed by atoms with Gasteiger partial charge in [-0.3, -0.25) is 14.8 Å². The molecule has 1 aromatic carbocycles. The van der Waals surface area contributed by atoms with Crippen molar-refractivity contribution in [2.45, 2.75) is 19.4 Å². The highest BCUT2D eigenvalue weighted by Crippen LogP contribution is 2.30. The number of nitrogens with one attached hydrogen (secondary N) is 1. The molecule has 1 saturated heterocycles. The molecule has 1 aromatic heterocycles. The molecule has 0 spiro atoms. The molecule has 122 valence electrons. The second-order valence-corrected chi connectivity index (χ2v) is 6.22. The predicted molar refractivity (Wildman–Crippen MR) is 90.9 cm³/mol. The van der Waals surface area contributed by atoms with Crippen LogP contribution in [0.4, 0.5) is 11.4 Å². The summed E-state index contributed by atoms with van der Waals surface area (Å²) in [7, 11) is 0. The summed E-state index contributed by atoms with van der Waals surface area (Å²) in [6.07, 6.45) is 4.35. The van der Waals surface area contributed by atoms with Gasteiger partial charge in [-0.25, -0.2) is 0 Å². The van der Waals surface area contributed by atoms with Crippen LogP contribution in [0.25, 0.3) is 11.0 Å². The van der Waals surface area contributed by atoms with Crippen molar-refractivity contribution in [3.05, 3.63) is 24.5 Å². The highest BCUT2D eigenvalue weighted by Gasteiger charge is 2.26. The van der Waals surface area contributed by atoms with Crippen LogP contribution >= 0.6 is 0 Å². The normalized spacial score (nSPS) is 21.5. The van der Waals surface area contributed by atoms with Gasteiger partial charge in [-0.2, -0.15) is 0 Å². The van der Waals surface area contributed by atoms with Crippen molar-refractivity contribution in [3.63, 3.8) is 0 Å². The third-order valence-electron chi connectivity index (χ3n) is 4.20. The number of fused-ring (bicyclic) bond motifs is 1. The van der Waals surface area contributed by atoms with E-state index in [1.165, 1.54) is 0 Å². The van der Waals surface area contributed by atoms with Crippen molar-refractivity contribution in [1.82, 2.24) is 15.3 Å². The van der Waals surface area contributed by atoms with Gasteiger partial charge in [0.15, 0.2) is 0 Å². The lowest BCUT2D eigenvalue weighted by Crippen LogP contribution is -2.50. The van der Waals surface area contributed by atoms with Crippen LogP contribution < -0.4 is 21.7 Å². The summed E-state index contributed by atoms with van der Waals surface area (Å²) in [4.78, 5) is 22.1. The number of nitrogens with zero attached hydrogens (tertiary/aromatic N) is 3. The van der Waals surface area contributed by atoms with Gasteiger partial charge in [0.25, 0.3) is 0 Å². The van der Waals surface area contributed by atoms with Gasteiger partial charge in [-0.15, -0.1) is 0 Å². The number of primary amides is 1. The monoisotopic (exact) mass is 314 g/mol. The molecule has 0 aliphatic carbocycles. The van der Waals surface area contributed by atoms with E-state index in [4.69, 9.17) is 11.5 Å². The van der Waals surface area contributed by atoms with E-state index in [0.717, 1.165) is 36.2 Å². The first-order valence-corrected chi connectivity index (χ1v) is 7.80. The summed E-state index contributed by atoms with van der Waals surface area (Å²) >= 11 is 0. The molecule has 2 atom stereocenters. The Labute approximate surface area is 135 Å². The molecule has 7 heteroatoms. The molecule has 5 N–H and O–H groups in total. The van der Waals surface area contributed by atoms with Gasteiger partial charge in [-0.1, -0.05) is 6.92 Å². The fourth-order valence-electron chi connectivity index (χ4n) is 3.26. The lowest BCUT2D eigenvalue weighted by molar-refractivity contribution is -0.117. The molecule has 1 aliphatic rings. The SMILES string of the molecule is C[C@H]1C[C@@H](NCC(N)=O)CN(c2ccc(N)c3nccnc23)C1. The zero-order chi connectivity index (χ0) is 16.4. The zero-order valence-corrected chi connectivity index (χ0v) is 13.2. The van der Waals surface area contributed by atoms with Crippen molar-refractivity contribution in [2.75, 3.05) is 30.3 Å². The number of amides is 1. The standard InChI is InChI=1S/C16H22N6O/c1-10-6-11(21-7-14(18)23)9-22(8-10)13-3-2-12(17)15-16(13)20-5-4-19-15/h2-5,10-11,21H,6-9,17H2,1H3,(H2,18,23)/t10-,11+/m0/s1. The highest BCUT2D eigenvalue weighted by molar-refractivity contribution is 5.95. The van der Waals surface area contributed by atoms with Gasteiger partial charge in [0, 0.05) is 31.5 Å². The molecule has 1 fully saturated rings. The Morgan fingerprint density at radius 1 is 1.30 bits per heavy atom. The van der Waals surface area contributed by atoms with E-state index >= 15 is 0 Å². The van der Waals surface area contributed by atoms with Crippen LogP contribution in [-0.4, -0.2) is 41.6 Å². The van der Waals surface area contributed by atoms with Crippen molar-refractivity contribution in [1.29, 1.82) is 0 Å². The van der Waals surface area contributed by atoms with Crippen LogP contribution in [0.3, 0.4) is 0 Å². The van der Waals surface area contributed by atoms with E-state index in [2.05, 4.69) is 27.1 Å². The molecular formula is C16H22N6O. The largest absolute Gasteiger partial charge is 0.397 e. The Morgan fingerprint density at radius 3 is 2.78 bits per heavy atom. The second-order valence-electron chi connectivity index (χ2n) is 6.22. The van der Waals surface area contributed by atoms with Crippen LogP contribution in [0, 0.1) is 5.92 Å². The number of piperidine rings is 1.